The van der Waals surface area contributed by atoms with E-state index in [4.69, 9.17) is 0 Å². The van der Waals surface area contributed by atoms with E-state index < -0.39 is 0 Å². The highest BCUT2D eigenvalue weighted by atomic mass is 32.2. The van der Waals surface area contributed by atoms with Crippen molar-refractivity contribution in [3.05, 3.63) is 18.2 Å². The first-order valence-electron chi connectivity index (χ1n) is 5.62. The minimum Gasteiger partial charge on any atom is -0.388 e. The number of fused-ring (bicyclic) bond motifs is 1. The minimum atomic E-state index is 0.192. The SMILES string of the molecule is CNc1ccc2c(c1)N(CCCS)C(=O)CS2. The molecule has 0 radical (unpaired) electrons. The van der Waals surface area contributed by atoms with E-state index >= 15 is 0 Å². The van der Waals surface area contributed by atoms with Gasteiger partial charge in [0.15, 0.2) is 0 Å². The summed E-state index contributed by atoms with van der Waals surface area (Å²) in [6.07, 6.45) is 0.919. The first kappa shape index (κ1) is 12.6. The van der Waals surface area contributed by atoms with Crippen LogP contribution < -0.4 is 10.2 Å². The largest absolute Gasteiger partial charge is 0.388 e. The Bertz CT molecular complexity index is 423. The molecule has 1 aromatic rings. The molecule has 3 nitrogen and oxygen atoms in total. The van der Waals surface area contributed by atoms with Gasteiger partial charge in [-0.2, -0.15) is 12.6 Å². The van der Waals surface area contributed by atoms with Gasteiger partial charge in [0.25, 0.3) is 0 Å². The number of thiol groups is 1. The van der Waals surface area contributed by atoms with E-state index in [1.54, 1.807) is 11.8 Å². The Labute approximate surface area is 111 Å². The zero-order valence-electron chi connectivity index (χ0n) is 9.77. The molecule has 0 unspecified atom stereocenters. The summed E-state index contributed by atoms with van der Waals surface area (Å²) in [5.74, 6) is 1.54. The van der Waals surface area contributed by atoms with Crippen LogP contribution in [-0.2, 0) is 4.79 Å². The number of benzene rings is 1. The van der Waals surface area contributed by atoms with Crippen molar-refractivity contribution in [3.63, 3.8) is 0 Å². The van der Waals surface area contributed by atoms with Gasteiger partial charge in [0.05, 0.1) is 11.4 Å². The average molecular weight is 268 g/mol. The van der Waals surface area contributed by atoms with Crippen molar-refractivity contribution in [2.75, 3.05) is 35.3 Å². The quantitative estimate of drug-likeness (QED) is 0.823. The van der Waals surface area contributed by atoms with Gasteiger partial charge in [-0.25, -0.2) is 0 Å². The van der Waals surface area contributed by atoms with Gasteiger partial charge in [0.2, 0.25) is 5.91 Å². The third-order valence-electron chi connectivity index (χ3n) is 2.73. The fourth-order valence-electron chi connectivity index (χ4n) is 1.83. The highest BCUT2D eigenvalue weighted by molar-refractivity contribution is 8.00. The topological polar surface area (TPSA) is 32.3 Å². The number of anilines is 2. The molecule has 0 aromatic heterocycles. The zero-order valence-corrected chi connectivity index (χ0v) is 11.5. The van der Waals surface area contributed by atoms with Crippen LogP contribution in [-0.4, -0.2) is 31.0 Å². The first-order valence-corrected chi connectivity index (χ1v) is 7.24. The van der Waals surface area contributed by atoms with Crippen LogP contribution in [0.3, 0.4) is 0 Å². The van der Waals surface area contributed by atoms with Gasteiger partial charge < -0.3 is 10.2 Å². The third-order valence-corrected chi connectivity index (χ3v) is 4.09. The lowest BCUT2D eigenvalue weighted by Gasteiger charge is -2.29. The summed E-state index contributed by atoms with van der Waals surface area (Å²) >= 11 is 5.82. The molecule has 1 aromatic carbocycles. The normalized spacial score (nSPS) is 14.7. The highest BCUT2D eigenvalue weighted by Crippen LogP contribution is 2.37. The van der Waals surface area contributed by atoms with E-state index in [1.807, 2.05) is 24.1 Å². The van der Waals surface area contributed by atoms with Gasteiger partial charge in [0.1, 0.15) is 0 Å². The maximum Gasteiger partial charge on any atom is 0.237 e. The monoisotopic (exact) mass is 268 g/mol. The molecule has 0 bridgehead atoms. The molecule has 1 aliphatic heterocycles. The number of carbonyl (C=O) groups is 1. The molecule has 0 saturated heterocycles. The van der Waals surface area contributed by atoms with Crippen LogP contribution in [0.4, 0.5) is 11.4 Å². The second-order valence-electron chi connectivity index (χ2n) is 3.84. The standard InChI is InChI=1S/C12H16N2OS2/c1-13-9-3-4-11-10(7-9)14(5-2-6-16)12(15)8-17-11/h3-4,7,13,16H,2,5-6,8H2,1H3. The van der Waals surface area contributed by atoms with E-state index in [-0.39, 0.29) is 5.91 Å². The van der Waals surface area contributed by atoms with Crippen LogP contribution >= 0.6 is 24.4 Å². The molecule has 1 heterocycles. The van der Waals surface area contributed by atoms with Crippen molar-refractivity contribution in [3.8, 4) is 0 Å². The molecule has 5 heteroatoms. The zero-order chi connectivity index (χ0) is 12.3. The summed E-state index contributed by atoms with van der Waals surface area (Å²) in [5.41, 5.74) is 2.06. The molecule has 1 N–H and O–H groups in total. The van der Waals surface area contributed by atoms with Crippen LogP contribution in [0.25, 0.3) is 0 Å². The summed E-state index contributed by atoms with van der Waals surface area (Å²) < 4.78 is 0. The molecule has 17 heavy (non-hydrogen) atoms. The van der Waals surface area contributed by atoms with Gasteiger partial charge in [0, 0.05) is 24.2 Å². The smallest absolute Gasteiger partial charge is 0.237 e. The lowest BCUT2D eigenvalue weighted by atomic mass is 10.2. The Balaban J connectivity index is 2.31. The number of carbonyl (C=O) groups excluding carboxylic acids is 1. The van der Waals surface area contributed by atoms with Gasteiger partial charge in [-0.1, -0.05) is 0 Å². The minimum absolute atomic E-state index is 0.192. The van der Waals surface area contributed by atoms with Crippen molar-refractivity contribution in [2.45, 2.75) is 11.3 Å². The van der Waals surface area contributed by atoms with Crippen LogP contribution in [0.5, 0.6) is 0 Å². The number of nitrogens with zero attached hydrogens (tertiary/aromatic N) is 1. The molecule has 1 aliphatic rings. The number of rotatable bonds is 4. The second-order valence-corrected chi connectivity index (χ2v) is 5.31. The summed E-state index contributed by atoms with van der Waals surface area (Å²) in [5, 5.41) is 3.11. The van der Waals surface area contributed by atoms with Crippen LogP contribution in [0, 0.1) is 0 Å². The molecule has 92 valence electrons. The molecule has 0 fully saturated rings. The predicted molar refractivity (Wildman–Crippen MR) is 77.5 cm³/mol. The average Bonchev–Trinajstić information content (AvgIpc) is 2.37. The maximum absolute atomic E-state index is 11.9. The Morgan fingerprint density at radius 1 is 1.53 bits per heavy atom. The summed E-state index contributed by atoms with van der Waals surface area (Å²) in [4.78, 5) is 15.0. The summed E-state index contributed by atoms with van der Waals surface area (Å²) in [6.45, 7) is 0.753. The fourth-order valence-corrected chi connectivity index (χ4v) is 2.89. The molecular weight excluding hydrogens is 252 g/mol. The molecule has 0 atom stereocenters. The molecule has 0 spiro atoms. The van der Waals surface area contributed by atoms with Crippen molar-refractivity contribution in [2.24, 2.45) is 0 Å². The lowest BCUT2D eigenvalue weighted by Crippen LogP contribution is -2.36. The molecule has 0 aliphatic carbocycles. The van der Waals surface area contributed by atoms with E-state index in [9.17, 15) is 4.79 Å². The molecule has 0 saturated carbocycles. The van der Waals surface area contributed by atoms with Crippen LogP contribution in [0.2, 0.25) is 0 Å². The van der Waals surface area contributed by atoms with Gasteiger partial charge in [-0.3, -0.25) is 4.79 Å². The summed E-state index contributed by atoms with van der Waals surface area (Å²) in [7, 11) is 1.89. The number of amides is 1. The fraction of sp³-hybridized carbons (Fsp3) is 0.417. The van der Waals surface area contributed by atoms with Crippen LogP contribution in [0.1, 0.15) is 6.42 Å². The number of hydrogen-bond donors (Lipinski definition) is 2. The number of thioether (sulfide) groups is 1. The number of hydrogen-bond acceptors (Lipinski definition) is 4. The van der Waals surface area contributed by atoms with Gasteiger partial charge in [-0.05, 0) is 30.4 Å². The van der Waals surface area contributed by atoms with Crippen molar-refractivity contribution in [1.82, 2.24) is 0 Å². The molecular formula is C12H16N2OS2. The summed E-state index contributed by atoms with van der Waals surface area (Å²) in [6, 6.07) is 6.16. The Morgan fingerprint density at radius 2 is 2.35 bits per heavy atom. The first-order chi connectivity index (χ1) is 8.26. The van der Waals surface area contributed by atoms with E-state index in [1.165, 1.54) is 4.90 Å². The van der Waals surface area contributed by atoms with Crippen molar-refractivity contribution in [1.29, 1.82) is 0 Å². The maximum atomic E-state index is 11.9. The molecule has 1 amide bonds. The Morgan fingerprint density at radius 3 is 3.06 bits per heavy atom. The van der Waals surface area contributed by atoms with E-state index in [0.717, 1.165) is 30.1 Å². The second kappa shape index (κ2) is 5.69. The van der Waals surface area contributed by atoms with Crippen LogP contribution in [0.15, 0.2) is 23.1 Å². The predicted octanol–water partition coefficient (Wildman–Crippen LogP) is 2.49. The highest BCUT2D eigenvalue weighted by Gasteiger charge is 2.24. The third kappa shape index (κ3) is 2.72. The molecule has 2 rings (SSSR count). The Hall–Kier alpha value is -0.810. The van der Waals surface area contributed by atoms with Crippen molar-refractivity contribution >= 4 is 41.7 Å². The lowest BCUT2D eigenvalue weighted by molar-refractivity contribution is -0.116. The van der Waals surface area contributed by atoms with Gasteiger partial charge in [-0.15, -0.1) is 11.8 Å². The van der Waals surface area contributed by atoms with E-state index in [0.29, 0.717) is 5.75 Å². The Kier molecular flexibility index (Phi) is 4.23. The van der Waals surface area contributed by atoms with Crippen molar-refractivity contribution < 1.29 is 4.79 Å². The number of nitrogens with one attached hydrogen (secondary N) is 1. The van der Waals surface area contributed by atoms with Gasteiger partial charge >= 0.3 is 0 Å². The van der Waals surface area contributed by atoms with E-state index in [2.05, 4.69) is 24.0 Å².